The van der Waals surface area contributed by atoms with Crippen molar-refractivity contribution >= 4 is 0 Å². The van der Waals surface area contributed by atoms with Crippen molar-refractivity contribution in [3.63, 3.8) is 0 Å². The highest BCUT2D eigenvalue weighted by Gasteiger charge is 2.26. The van der Waals surface area contributed by atoms with E-state index in [0.717, 1.165) is 23.2 Å². The Bertz CT molecular complexity index is 573. The molecule has 0 aliphatic heterocycles. The lowest BCUT2D eigenvalue weighted by Crippen LogP contribution is -2.13. The number of pyridine rings is 1. The first kappa shape index (κ1) is 16.2. The third-order valence-corrected chi connectivity index (χ3v) is 4.98. The second kappa shape index (κ2) is 8.23. The Balaban J connectivity index is 1.49. The van der Waals surface area contributed by atoms with E-state index in [-0.39, 0.29) is 0 Å². The first-order chi connectivity index (χ1) is 11.3. The van der Waals surface area contributed by atoms with Gasteiger partial charge in [0.1, 0.15) is 0 Å². The summed E-state index contributed by atoms with van der Waals surface area (Å²) in [4.78, 5) is 8.75. The van der Waals surface area contributed by atoms with E-state index < -0.39 is 0 Å². The molecular weight excluding hydrogens is 286 g/mol. The topological polar surface area (TPSA) is 51.8 Å². The number of hydrogen-bond donors (Lipinski definition) is 0. The van der Waals surface area contributed by atoms with E-state index in [2.05, 4.69) is 22.0 Å². The summed E-state index contributed by atoms with van der Waals surface area (Å²) in [6.07, 6.45) is 14.8. The molecule has 1 fully saturated rings. The minimum atomic E-state index is 0.465. The van der Waals surface area contributed by atoms with Gasteiger partial charge in [-0.25, -0.2) is 0 Å². The minimum absolute atomic E-state index is 0.465. The standard InChI is InChI=1S/C19H27N3O/c1-2-3-4-6-15-8-10-17(11-9-15)19-21-18(22-23-19)13-16-7-5-12-20-14-16/h5,7,12,14-15,17H,2-4,6,8-11,13H2,1H3/t15-,17-. The fraction of sp³-hybridized carbons (Fsp3) is 0.632. The summed E-state index contributed by atoms with van der Waals surface area (Å²) in [5.41, 5.74) is 1.12. The van der Waals surface area contributed by atoms with Crippen molar-refractivity contribution in [1.82, 2.24) is 15.1 Å². The van der Waals surface area contributed by atoms with Crippen LogP contribution in [0.2, 0.25) is 0 Å². The van der Waals surface area contributed by atoms with Gasteiger partial charge in [-0.1, -0.05) is 43.8 Å². The molecule has 2 aromatic rings. The molecule has 3 rings (SSSR count). The molecule has 4 nitrogen and oxygen atoms in total. The summed E-state index contributed by atoms with van der Waals surface area (Å²) >= 11 is 0. The molecule has 0 aromatic carbocycles. The van der Waals surface area contributed by atoms with Crippen LogP contribution in [0.25, 0.3) is 0 Å². The van der Waals surface area contributed by atoms with E-state index >= 15 is 0 Å². The number of rotatable bonds is 7. The van der Waals surface area contributed by atoms with E-state index in [0.29, 0.717) is 12.3 Å². The summed E-state index contributed by atoms with van der Waals surface area (Å²) in [5, 5.41) is 4.15. The van der Waals surface area contributed by atoms with Crippen LogP contribution in [0.1, 0.15) is 81.5 Å². The zero-order chi connectivity index (χ0) is 15.9. The Morgan fingerprint density at radius 2 is 2.04 bits per heavy atom. The maximum absolute atomic E-state index is 5.53. The molecule has 2 heterocycles. The second-order valence-corrected chi connectivity index (χ2v) is 6.80. The Labute approximate surface area is 138 Å². The van der Waals surface area contributed by atoms with Gasteiger partial charge in [-0.15, -0.1) is 0 Å². The normalized spacial score (nSPS) is 21.4. The minimum Gasteiger partial charge on any atom is -0.339 e. The Morgan fingerprint density at radius 3 is 2.78 bits per heavy atom. The average Bonchev–Trinajstić information content (AvgIpc) is 3.05. The van der Waals surface area contributed by atoms with Crippen molar-refractivity contribution in [2.45, 2.75) is 70.6 Å². The molecule has 124 valence electrons. The zero-order valence-corrected chi connectivity index (χ0v) is 14.1. The number of unbranched alkanes of at least 4 members (excludes halogenated alkanes) is 2. The van der Waals surface area contributed by atoms with Crippen LogP contribution < -0.4 is 0 Å². The van der Waals surface area contributed by atoms with Crippen molar-refractivity contribution in [3.8, 4) is 0 Å². The SMILES string of the molecule is CCCCC[C@H]1CC[C@H](c2nc(Cc3cccnc3)no2)CC1. The molecule has 23 heavy (non-hydrogen) atoms. The van der Waals surface area contributed by atoms with E-state index in [4.69, 9.17) is 4.52 Å². The molecule has 0 bridgehead atoms. The summed E-state index contributed by atoms with van der Waals surface area (Å²) in [5.74, 6) is 3.00. The smallest absolute Gasteiger partial charge is 0.229 e. The van der Waals surface area contributed by atoms with Crippen molar-refractivity contribution in [1.29, 1.82) is 0 Å². The van der Waals surface area contributed by atoms with Crippen molar-refractivity contribution in [2.75, 3.05) is 0 Å². The van der Waals surface area contributed by atoms with Gasteiger partial charge in [-0.2, -0.15) is 4.98 Å². The summed E-state index contributed by atoms with van der Waals surface area (Å²) < 4.78 is 5.53. The third kappa shape index (κ3) is 4.63. The van der Waals surface area contributed by atoms with Gasteiger partial charge < -0.3 is 4.52 Å². The summed E-state index contributed by atoms with van der Waals surface area (Å²) in [6, 6.07) is 3.99. The second-order valence-electron chi connectivity index (χ2n) is 6.80. The molecule has 2 aromatic heterocycles. The van der Waals surface area contributed by atoms with Crippen LogP contribution in [0.3, 0.4) is 0 Å². The fourth-order valence-electron chi connectivity index (χ4n) is 3.57. The van der Waals surface area contributed by atoms with Crippen LogP contribution in [-0.2, 0) is 6.42 Å². The first-order valence-corrected chi connectivity index (χ1v) is 9.06. The molecule has 1 aliphatic rings. The number of aromatic nitrogens is 3. The number of nitrogens with zero attached hydrogens (tertiary/aromatic N) is 3. The molecular formula is C19H27N3O. The Hall–Kier alpha value is -1.71. The van der Waals surface area contributed by atoms with E-state index in [1.807, 2.05) is 18.3 Å². The molecule has 4 heteroatoms. The predicted octanol–water partition coefficient (Wildman–Crippen LogP) is 4.91. The van der Waals surface area contributed by atoms with Crippen LogP contribution in [0.4, 0.5) is 0 Å². The van der Waals surface area contributed by atoms with Crippen LogP contribution in [-0.4, -0.2) is 15.1 Å². The van der Waals surface area contributed by atoms with Crippen molar-refractivity contribution < 1.29 is 4.52 Å². The van der Waals surface area contributed by atoms with E-state index in [9.17, 15) is 0 Å². The first-order valence-electron chi connectivity index (χ1n) is 9.06. The van der Waals surface area contributed by atoms with Gasteiger partial charge in [-0.05, 0) is 43.2 Å². The highest BCUT2D eigenvalue weighted by Crippen LogP contribution is 2.37. The molecule has 0 N–H and O–H groups in total. The largest absolute Gasteiger partial charge is 0.339 e. The molecule has 0 saturated heterocycles. The zero-order valence-electron chi connectivity index (χ0n) is 14.1. The lowest BCUT2D eigenvalue weighted by molar-refractivity contribution is 0.259. The third-order valence-electron chi connectivity index (χ3n) is 4.98. The fourth-order valence-corrected chi connectivity index (χ4v) is 3.57. The molecule has 0 atom stereocenters. The van der Waals surface area contributed by atoms with Gasteiger partial charge >= 0.3 is 0 Å². The van der Waals surface area contributed by atoms with Crippen LogP contribution in [0.15, 0.2) is 29.0 Å². The molecule has 1 aliphatic carbocycles. The monoisotopic (exact) mass is 313 g/mol. The van der Waals surface area contributed by atoms with Crippen LogP contribution in [0, 0.1) is 5.92 Å². The number of hydrogen-bond acceptors (Lipinski definition) is 4. The molecule has 0 unspecified atom stereocenters. The van der Waals surface area contributed by atoms with Crippen LogP contribution in [0.5, 0.6) is 0 Å². The summed E-state index contributed by atoms with van der Waals surface area (Å²) in [6.45, 7) is 2.27. The highest BCUT2D eigenvalue weighted by atomic mass is 16.5. The lowest BCUT2D eigenvalue weighted by atomic mass is 9.79. The maximum Gasteiger partial charge on any atom is 0.229 e. The van der Waals surface area contributed by atoms with Gasteiger partial charge in [0.15, 0.2) is 5.82 Å². The summed E-state index contributed by atoms with van der Waals surface area (Å²) in [7, 11) is 0. The molecule has 0 radical (unpaired) electrons. The predicted molar refractivity (Wildman–Crippen MR) is 90.2 cm³/mol. The molecule has 0 spiro atoms. The molecule has 1 saturated carbocycles. The van der Waals surface area contributed by atoms with Gasteiger partial charge in [0.05, 0.1) is 0 Å². The maximum atomic E-state index is 5.53. The quantitative estimate of drug-likeness (QED) is 0.681. The Kier molecular flexibility index (Phi) is 5.78. The van der Waals surface area contributed by atoms with E-state index in [1.54, 1.807) is 6.20 Å². The molecule has 0 amide bonds. The van der Waals surface area contributed by atoms with Gasteiger partial charge in [0.2, 0.25) is 5.89 Å². The lowest BCUT2D eigenvalue weighted by Gasteiger charge is -2.26. The van der Waals surface area contributed by atoms with Gasteiger partial charge in [-0.3, -0.25) is 4.98 Å². The van der Waals surface area contributed by atoms with E-state index in [1.165, 1.54) is 51.4 Å². The highest BCUT2D eigenvalue weighted by molar-refractivity contribution is 5.14. The Morgan fingerprint density at radius 1 is 1.17 bits per heavy atom. The van der Waals surface area contributed by atoms with Crippen molar-refractivity contribution in [2.24, 2.45) is 5.92 Å². The average molecular weight is 313 g/mol. The van der Waals surface area contributed by atoms with Crippen molar-refractivity contribution in [3.05, 3.63) is 41.8 Å². The van der Waals surface area contributed by atoms with Gasteiger partial charge in [0, 0.05) is 24.7 Å². The van der Waals surface area contributed by atoms with Crippen LogP contribution >= 0.6 is 0 Å². The van der Waals surface area contributed by atoms with Gasteiger partial charge in [0.25, 0.3) is 0 Å².